The Hall–Kier alpha value is -3.22. The maximum absolute atomic E-state index is 13.7. The van der Waals surface area contributed by atoms with Crippen LogP contribution in [-0.4, -0.2) is 42.9 Å². The largest absolute Gasteiger partial charge is 0.355 e. The van der Waals surface area contributed by atoms with Crippen LogP contribution < -0.4 is 10.6 Å². The number of benzene rings is 3. The first-order chi connectivity index (χ1) is 18.8. The normalized spacial score (nSPS) is 22.2. The van der Waals surface area contributed by atoms with Gasteiger partial charge in [0, 0.05) is 38.1 Å². The molecule has 39 heavy (non-hydrogen) atoms. The smallest absolute Gasteiger partial charge is 0.231 e. The average molecular weight is 548 g/mol. The number of carbonyl (C=O) groups excluding carboxylic acids is 2. The van der Waals surface area contributed by atoms with E-state index in [2.05, 4.69) is 27.7 Å². The van der Waals surface area contributed by atoms with Gasteiger partial charge in [-0.05, 0) is 72.6 Å². The third kappa shape index (κ3) is 6.02. The molecule has 0 aromatic heterocycles. The van der Waals surface area contributed by atoms with Crippen LogP contribution in [0.15, 0.2) is 78.9 Å². The molecule has 1 aliphatic carbocycles. The number of nitrogens with zero attached hydrogens (tertiary/aromatic N) is 1. The number of hydrogen-bond acceptors (Lipinski definition) is 3. The lowest BCUT2D eigenvalue weighted by Gasteiger charge is -2.43. The maximum Gasteiger partial charge on any atom is 0.231 e. The zero-order valence-electron chi connectivity index (χ0n) is 22.3. The molecule has 0 radical (unpaired) electrons. The number of piperidine rings is 1. The average Bonchev–Trinajstić information content (AvgIpc) is 3.66. The minimum Gasteiger partial charge on any atom is -0.355 e. The Kier molecular flexibility index (Phi) is 8.06. The van der Waals surface area contributed by atoms with E-state index in [-0.39, 0.29) is 29.1 Å². The van der Waals surface area contributed by atoms with Crippen molar-refractivity contribution in [3.63, 3.8) is 0 Å². The first-order valence-corrected chi connectivity index (χ1v) is 14.0. The molecule has 2 aliphatic rings. The molecule has 1 heterocycles. The molecule has 3 aromatic rings. The minimum absolute atomic E-state index is 0.0192. The SMILES string of the molecule is CC(=O)NC1(c2ccccc2)CCN(CC2CC2(C(=O)NCCc2ccc(F)cc2)c2cccc(Cl)c2)CC1. The van der Waals surface area contributed by atoms with Gasteiger partial charge in [0.05, 0.1) is 11.0 Å². The Morgan fingerprint density at radius 2 is 1.67 bits per heavy atom. The van der Waals surface area contributed by atoms with Crippen molar-refractivity contribution in [1.29, 1.82) is 0 Å². The molecule has 1 saturated carbocycles. The summed E-state index contributed by atoms with van der Waals surface area (Å²) in [5.74, 6) is -0.0939. The highest BCUT2D eigenvalue weighted by molar-refractivity contribution is 6.30. The van der Waals surface area contributed by atoms with Crippen molar-refractivity contribution in [1.82, 2.24) is 15.5 Å². The molecule has 0 bridgehead atoms. The zero-order valence-corrected chi connectivity index (χ0v) is 23.0. The topological polar surface area (TPSA) is 61.4 Å². The lowest BCUT2D eigenvalue weighted by atomic mass is 9.80. The van der Waals surface area contributed by atoms with Gasteiger partial charge in [-0.2, -0.15) is 0 Å². The van der Waals surface area contributed by atoms with Gasteiger partial charge in [-0.3, -0.25) is 9.59 Å². The van der Waals surface area contributed by atoms with Gasteiger partial charge in [-0.15, -0.1) is 0 Å². The lowest BCUT2D eigenvalue weighted by molar-refractivity contribution is -0.124. The van der Waals surface area contributed by atoms with E-state index in [1.54, 1.807) is 19.1 Å². The van der Waals surface area contributed by atoms with Crippen molar-refractivity contribution in [2.45, 2.75) is 43.6 Å². The highest BCUT2D eigenvalue weighted by Gasteiger charge is 2.61. The number of hydrogen-bond donors (Lipinski definition) is 2. The van der Waals surface area contributed by atoms with Gasteiger partial charge in [-0.25, -0.2) is 4.39 Å². The van der Waals surface area contributed by atoms with Crippen LogP contribution in [0, 0.1) is 11.7 Å². The van der Waals surface area contributed by atoms with E-state index in [1.165, 1.54) is 12.1 Å². The van der Waals surface area contributed by atoms with Crippen molar-refractivity contribution in [3.8, 4) is 0 Å². The van der Waals surface area contributed by atoms with Gasteiger partial charge in [0.1, 0.15) is 5.82 Å². The summed E-state index contributed by atoms with van der Waals surface area (Å²) in [7, 11) is 0. The Labute approximate surface area is 234 Å². The predicted octanol–water partition coefficient (Wildman–Crippen LogP) is 5.22. The van der Waals surface area contributed by atoms with Crippen molar-refractivity contribution < 1.29 is 14.0 Å². The van der Waals surface area contributed by atoms with Gasteiger partial charge in [-0.1, -0.05) is 66.2 Å². The quantitative estimate of drug-likeness (QED) is 0.386. The fourth-order valence-corrected chi connectivity index (χ4v) is 6.41. The Morgan fingerprint density at radius 1 is 0.974 bits per heavy atom. The fourth-order valence-electron chi connectivity index (χ4n) is 6.22. The third-order valence-corrected chi connectivity index (χ3v) is 8.63. The van der Waals surface area contributed by atoms with E-state index in [0.717, 1.165) is 55.6 Å². The van der Waals surface area contributed by atoms with Gasteiger partial charge in [0.15, 0.2) is 0 Å². The molecule has 0 spiro atoms. The number of amides is 2. The number of nitrogens with one attached hydrogen (secondary N) is 2. The van der Waals surface area contributed by atoms with E-state index in [1.807, 2.05) is 42.5 Å². The predicted molar refractivity (Wildman–Crippen MR) is 152 cm³/mol. The molecule has 3 aromatic carbocycles. The van der Waals surface area contributed by atoms with Crippen LogP contribution in [0.4, 0.5) is 4.39 Å². The highest BCUT2D eigenvalue weighted by Crippen LogP contribution is 2.55. The van der Waals surface area contributed by atoms with Crippen LogP contribution in [0.5, 0.6) is 0 Å². The number of rotatable bonds is 9. The molecular weight excluding hydrogens is 513 g/mol. The zero-order chi connectivity index (χ0) is 27.5. The van der Waals surface area contributed by atoms with Crippen LogP contribution in [0.3, 0.4) is 0 Å². The van der Waals surface area contributed by atoms with E-state index in [0.29, 0.717) is 18.0 Å². The van der Waals surface area contributed by atoms with E-state index < -0.39 is 5.41 Å². The molecule has 2 unspecified atom stereocenters. The third-order valence-electron chi connectivity index (χ3n) is 8.39. The molecule has 5 nitrogen and oxygen atoms in total. The molecule has 2 N–H and O–H groups in total. The molecule has 204 valence electrons. The molecule has 1 saturated heterocycles. The number of carbonyl (C=O) groups is 2. The summed E-state index contributed by atoms with van der Waals surface area (Å²) in [6.07, 6.45) is 3.04. The summed E-state index contributed by atoms with van der Waals surface area (Å²) in [4.78, 5) is 28.2. The fraction of sp³-hybridized carbons (Fsp3) is 0.375. The molecular formula is C32H35ClFN3O2. The summed E-state index contributed by atoms with van der Waals surface area (Å²) in [6.45, 7) is 4.55. The Morgan fingerprint density at radius 3 is 2.33 bits per heavy atom. The number of likely N-dealkylation sites (tertiary alicyclic amines) is 1. The van der Waals surface area contributed by atoms with E-state index >= 15 is 0 Å². The summed E-state index contributed by atoms with van der Waals surface area (Å²) in [5, 5.41) is 7.01. The van der Waals surface area contributed by atoms with E-state index in [4.69, 9.17) is 11.6 Å². The highest BCUT2D eigenvalue weighted by atomic mass is 35.5. The standard InChI is InChI=1S/C32H35ClFN3O2/c1-23(38)36-31(25-6-3-2-4-7-25)15-18-37(19-16-31)22-27-21-32(27,26-8-5-9-28(33)20-26)30(39)35-17-14-24-10-12-29(34)13-11-24/h2-13,20,27H,14-19,21-22H2,1H3,(H,35,39)(H,36,38). The van der Waals surface area contributed by atoms with Crippen LogP contribution in [0.2, 0.25) is 5.02 Å². The van der Waals surface area contributed by atoms with Crippen molar-refractivity contribution >= 4 is 23.4 Å². The van der Waals surface area contributed by atoms with Gasteiger partial charge in [0.2, 0.25) is 11.8 Å². The van der Waals surface area contributed by atoms with Crippen LogP contribution in [-0.2, 0) is 27.0 Å². The molecule has 2 atom stereocenters. The monoisotopic (exact) mass is 547 g/mol. The van der Waals surface area contributed by atoms with Crippen molar-refractivity contribution in [2.24, 2.45) is 5.92 Å². The van der Waals surface area contributed by atoms with Gasteiger partial charge >= 0.3 is 0 Å². The lowest BCUT2D eigenvalue weighted by Crippen LogP contribution is -2.53. The maximum atomic E-state index is 13.7. The van der Waals surface area contributed by atoms with Crippen molar-refractivity contribution in [2.75, 3.05) is 26.2 Å². The first-order valence-electron chi connectivity index (χ1n) is 13.7. The molecule has 2 amide bonds. The Bertz CT molecular complexity index is 1310. The summed E-state index contributed by atoms with van der Waals surface area (Å²) >= 11 is 6.34. The second-order valence-electron chi connectivity index (χ2n) is 10.9. The second kappa shape index (κ2) is 11.5. The van der Waals surface area contributed by atoms with Crippen molar-refractivity contribution in [3.05, 3.63) is 106 Å². The van der Waals surface area contributed by atoms with Crippen LogP contribution in [0.25, 0.3) is 0 Å². The summed E-state index contributed by atoms with van der Waals surface area (Å²) < 4.78 is 13.2. The molecule has 7 heteroatoms. The summed E-state index contributed by atoms with van der Waals surface area (Å²) in [6, 6.07) is 24.2. The van der Waals surface area contributed by atoms with Crippen LogP contribution in [0.1, 0.15) is 42.9 Å². The number of halogens is 2. The van der Waals surface area contributed by atoms with E-state index in [9.17, 15) is 14.0 Å². The molecule has 5 rings (SSSR count). The molecule has 1 aliphatic heterocycles. The minimum atomic E-state index is -0.612. The molecule has 2 fully saturated rings. The van der Waals surface area contributed by atoms with Gasteiger partial charge < -0.3 is 15.5 Å². The summed E-state index contributed by atoms with van der Waals surface area (Å²) in [5.41, 5.74) is 2.09. The van der Waals surface area contributed by atoms with Crippen LogP contribution >= 0.6 is 11.6 Å². The Balaban J connectivity index is 1.26. The van der Waals surface area contributed by atoms with Gasteiger partial charge in [0.25, 0.3) is 0 Å². The first kappa shape index (κ1) is 27.4. The second-order valence-corrected chi connectivity index (χ2v) is 11.4.